The van der Waals surface area contributed by atoms with E-state index in [1.165, 1.54) is 18.2 Å². The van der Waals surface area contributed by atoms with Crippen LogP contribution in [0.5, 0.6) is 5.75 Å². The van der Waals surface area contributed by atoms with Gasteiger partial charge in [-0.3, -0.25) is 9.97 Å². The lowest BCUT2D eigenvalue weighted by atomic mass is 10.2. The Morgan fingerprint density at radius 3 is 2.88 bits per heavy atom. The fourth-order valence-corrected chi connectivity index (χ4v) is 1.38. The molecule has 17 heavy (non-hydrogen) atoms. The zero-order chi connectivity index (χ0) is 12.3. The highest BCUT2D eigenvalue weighted by Gasteiger charge is 2.11. The first-order valence-corrected chi connectivity index (χ1v) is 5.14. The van der Waals surface area contributed by atoms with Crippen molar-refractivity contribution in [2.24, 2.45) is 0 Å². The largest absolute Gasteiger partial charge is 0.482 e. The van der Waals surface area contributed by atoms with Gasteiger partial charge >= 0.3 is 0 Å². The molecule has 0 aliphatic carbocycles. The summed E-state index contributed by atoms with van der Waals surface area (Å²) < 4.78 is 18.6. The van der Waals surface area contributed by atoms with E-state index in [0.29, 0.717) is 17.1 Å². The fourth-order valence-electron chi connectivity index (χ4n) is 1.38. The number of nitrogens with two attached hydrogens (primary N) is 1. The van der Waals surface area contributed by atoms with E-state index in [9.17, 15) is 4.39 Å². The molecule has 0 aliphatic rings. The molecule has 2 aromatic rings. The summed E-state index contributed by atoms with van der Waals surface area (Å²) in [6.45, 7) is 1.80. The van der Waals surface area contributed by atoms with E-state index < -0.39 is 0 Å². The van der Waals surface area contributed by atoms with Gasteiger partial charge in [-0.25, -0.2) is 4.39 Å². The van der Waals surface area contributed by atoms with Crippen LogP contribution < -0.4 is 10.5 Å². The number of rotatable bonds is 3. The van der Waals surface area contributed by atoms with Crippen LogP contribution in [-0.4, -0.2) is 9.97 Å². The molecule has 5 heteroatoms. The van der Waals surface area contributed by atoms with Crippen LogP contribution >= 0.6 is 0 Å². The lowest BCUT2D eigenvalue weighted by molar-refractivity contribution is 0.222. The Hall–Kier alpha value is -2.17. The number of aromatic nitrogens is 2. The van der Waals surface area contributed by atoms with E-state index in [1.54, 1.807) is 25.5 Å². The molecule has 0 spiro atoms. The van der Waals surface area contributed by atoms with Crippen molar-refractivity contribution in [1.82, 2.24) is 9.97 Å². The molecule has 0 saturated heterocycles. The second-order valence-electron chi connectivity index (χ2n) is 3.57. The highest BCUT2D eigenvalue weighted by molar-refractivity contribution is 5.52. The van der Waals surface area contributed by atoms with E-state index in [4.69, 9.17) is 10.5 Å². The lowest BCUT2D eigenvalue weighted by Gasteiger charge is -2.15. The van der Waals surface area contributed by atoms with Crippen molar-refractivity contribution < 1.29 is 9.13 Å². The van der Waals surface area contributed by atoms with E-state index in [-0.39, 0.29) is 11.9 Å². The third-order valence-corrected chi connectivity index (χ3v) is 2.28. The van der Waals surface area contributed by atoms with Crippen molar-refractivity contribution in [2.45, 2.75) is 13.0 Å². The summed E-state index contributed by atoms with van der Waals surface area (Å²) in [6.07, 6.45) is 4.41. The minimum absolute atomic E-state index is 0.308. The Kier molecular flexibility index (Phi) is 3.18. The van der Waals surface area contributed by atoms with Gasteiger partial charge in [-0.15, -0.1) is 0 Å². The number of nitrogens with zero attached hydrogens (tertiary/aromatic N) is 2. The van der Waals surface area contributed by atoms with Crippen LogP contribution in [0.4, 0.5) is 10.1 Å². The van der Waals surface area contributed by atoms with Crippen LogP contribution in [0.3, 0.4) is 0 Å². The Morgan fingerprint density at radius 2 is 2.18 bits per heavy atom. The molecular weight excluding hydrogens is 221 g/mol. The minimum atomic E-state index is -0.388. The third-order valence-electron chi connectivity index (χ3n) is 2.28. The first-order valence-electron chi connectivity index (χ1n) is 5.14. The molecular formula is C12H12FN3O. The van der Waals surface area contributed by atoms with Gasteiger partial charge in [0.15, 0.2) is 0 Å². The Labute approximate surface area is 98.3 Å². The van der Waals surface area contributed by atoms with Crippen molar-refractivity contribution in [3.05, 3.63) is 48.3 Å². The Bertz CT molecular complexity index is 504. The smallest absolute Gasteiger partial charge is 0.146 e. The van der Waals surface area contributed by atoms with Gasteiger partial charge in [-0.05, 0) is 19.1 Å². The second kappa shape index (κ2) is 4.78. The lowest BCUT2D eigenvalue weighted by Crippen LogP contribution is -2.07. The Morgan fingerprint density at radius 1 is 1.35 bits per heavy atom. The number of nitrogen functional groups attached to an aromatic ring is 1. The average Bonchev–Trinajstić information content (AvgIpc) is 2.35. The van der Waals surface area contributed by atoms with Gasteiger partial charge in [0.25, 0.3) is 0 Å². The topological polar surface area (TPSA) is 61.0 Å². The highest BCUT2D eigenvalue weighted by Crippen LogP contribution is 2.26. The summed E-state index contributed by atoms with van der Waals surface area (Å²) in [6, 6.07) is 4.01. The number of ether oxygens (including phenoxy) is 1. The molecule has 0 amide bonds. The van der Waals surface area contributed by atoms with E-state index in [1.807, 2.05) is 0 Å². The van der Waals surface area contributed by atoms with Gasteiger partial charge in [-0.2, -0.15) is 0 Å². The number of hydrogen-bond acceptors (Lipinski definition) is 4. The van der Waals surface area contributed by atoms with Crippen molar-refractivity contribution >= 4 is 5.69 Å². The summed E-state index contributed by atoms with van der Waals surface area (Å²) >= 11 is 0. The van der Waals surface area contributed by atoms with Gasteiger partial charge < -0.3 is 10.5 Å². The maximum absolute atomic E-state index is 13.0. The summed E-state index contributed by atoms with van der Waals surface area (Å²) in [5.41, 5.74) is 6.74. The number of halogens is 1. The van der Waals surface area contributed by atoms with Gasteiger partial charge in [-0.1, -0.05) is 0 Å². The standard InChI is InChI=1S/C12H12FN3O/c1-8(11-7-15-4-5-16-11)17-12-6-9(13)2-3-10(12)14/h2-8H,14H2,1H3. The van der Waals surface area contributed by atoms with Crippen LogP contribution in [0.15, 0.2) is 36.8 Å². The SMILES string of the molecule is CC(Oc1cc(F)ccc1N)c1cnccn1. The number of benzene rings is 1. The van der Waals surface area contributed by atoms with Crippen LogP contribution in [0.2, 0.25) is 0 Å². The number of anilines is 1. The van der Waals surface area contributed by atoms with Crippen molar-refractivity contribution in [2.75, 3.05) is 5.73 Å². The molecule has 4 nitrogen and oxygen atoms in total. The molecule has 1 atom stereocenters. The molecule has 2 rings (SSSR count). The molecule has 0 saturated carbocycles. The molecule has 1 unspecified atom stereocenters. The van der Waals surface area contributed by atoms with Crippen molar-refractivity contribution in [3.63, 3.8) is 0 Å². The fraction of sp³-hybridized carbons (Fsp3) is 0.167. The number of hydrogen-bond donors (Lipinski definition) is 1. The summed E-state index contributed by atoms with van der Waals surface area (Å²) in [5.74, 6) is -0.0799. The molecule has 0 aliphatic heterocycles. The van der Waals surface area contributed by atoms with Gasteiger partial charge in [0, 0.05) is 18.5 Å². The molecule has 1 heterocycles. The quantitative estimate of drug-likeness (QED) is 0.826. The summed E-state index contributed by atoms with van der Waals surface area (Å²) in [7, 11) is 0. The van der Waals surface area contributed by atoms with Crippen molar-refractivity contribution in [3.8, 4) is 5.75 Å². The Balaban J connectivity index is 2.18. The zero-order valence-corrected chi connectivity index (χ0v) is 9.30. The zero-order valence-electron chi connectivity index (χ0n) is 9.30. The van der Waals surface area contributed by atoms with Crippen molar-refractivity contribution in [1.29, 1.82) is 0 Å². The highest BCUT2D eigenvalue weighted by atomic mass is 19.1. The van der Waals surface area contributed by atoms with E-state index >= 15 is 0 Å². The van der Waals surface area contributed by atoms with Crippen LogP contribution in [0, 0.1) is 5.82 Å². The molecule has 88 valence electrons. The first-order chi connectivity index (χ1) is 8.16. The average molecular weight is 233 g/mol. The van der Waals surface area contributed by atoms with Crippen LogP contribution in [-0.2, 0) is 0 Å². The molecule has 1 aromatic heterocycles. The predicted molar refractivity (Wildman–Crippen MR) is 61.9 cm³/mol. The minimum Gasteiger partial charge on any atom is -0.482 e. The second-order valence-corrected chi connectivity index (χ2v) is 3.57. The monoisotopic (exact) mass is 233 g/mol. The molecule has 1 aromatic carbocycles. The third kappa shape index (κ3) is 2.69. The maximum Gasteiger partial charge on any atom is 0.146 e. The van der Waals surface area contributed by atoms with Gasteiger partial charge in [0.2, 0.25) is 0 Å². The normalized spacial score (nSPS) is 12.1. The van der Waals surface area contributed by atoms with Gasteiger partial charge in [0.1, 0.15) is 17.7 Å². The van der Waals surface area contributed by atoms with Crippen LogP contribution in [0.25, 0.3) is 0 Å². The predicted octanol–water partition coefficient (Wildman–Crippen LogP) is 2.34. The molecule has 0 radical (unpaired) electrons. The van der Waals surface area contributed by atoms with Crippen LogP contribution in [0.1, 0.15) is 18.7 Å². The maximum atomic E-state index is 13.0. The van der Waals surface area contributed by atoms with E-state index in [0.717, 1.165) is 0 Å². The first kappa shape index (κ1) is 11.3. The van der Waals surface area contributed by atoms with Gasteiger partial charge in [0.05, 0.1) is 17.6 Å². The van der Waals surface area contributed by atoms with E-state index in [2.05, 4.69) is 9.97 Å². The molecule has 0 fully saturated rings. The molecule has 0 bridgehead atoms. The summed E-state index contributed by atoms with van der Waals surface area (Å²) in [4.78, 5) is 8.04. The molecule has 2 N–H and O–H groups in total. The summed E-state index contributed by atoms with van der Waals surface area (Å²) in [5, 5.41) is 0.